The van der Waals surface area contributed by atoms with Crippen molar-refractivity contribution in [1.29, 1.82) is 0 Å². The molecule has 0 bridgehead atoms. The highest BCUT2D eigenvalue weighted by atomic mass is 32.2. The molecule has 35 heavy (non-hydrogen) atoms. The highest BCUT2D eigenvalue weighted by Gasteiger charge is 2.33. The molecular formula is C26H21FN2O4S2. The number of ether oxygens (including phenoxy) is 2. The van der Waals surface area contributed by atoms with E-state index in [4.69, 9.17) is 21.7 Å². The van der Waals surface area contributed by atoms with E-state index >= 15 is 0 Å². The molecule has 4 rings (SSSR count). The summed E-state index contributed by atoms with van der Waals surface area (Å²) in [4.78, 5) is 27.2. The molecule has 1 N–H and O–H groups in total. The topological polar surface area (TPSA) is 67.9 Å². The summed E-state index contributed by atoms with van der Waals surface area (Å²) >= 11 is 6.66. The number of aryl methyl sites for hydroxylation is 1. The Balaban J connectivity index is 1.44. The second kappa shape index (κ2) is 10.7. The summed E-state index contributed by atoms with van der Waals surface area (Å²) in [6.45, 7) is 1.72. The molecule has 0 spiro atoms. The number of amides is 2. The van der Waals surface area contributed by atoms with Crippen LogP contribution in [0.15, 0.2) is 71.6 Å². The second-order valence-corrected chi connectivity index (χ2v) is 9.28. The third kappa shape index (κ3) is 5.87. The minimum Gasteiger partial charge on any atom is -0.493 e. The number of nitrogens with zero attached hydrogens (tertiary/aromatic N) is 1. The van der Waals surface area contributed by atoms with Gasteiger partial charge in [-0.05, 0) is 67.1 Å². The standard InChI is InChI=1S/C26H21FN2O4S2/c1-16-3-10-20(11-4-16)29-25(31)23(35-26(29)34)14-17-5-12-21(22(13-17)32-2)33-15-24(30)28-19-8-6-18(27)7-9-19/h3-14H,15H2,1-2H3,(H,28,30)/b23-14-. The average Bonchev–Trinajstić information content (AvgIpc) is 3.12. The summed E-state index contributed by atoms with van der Waals surface area (Å²) in [6, 6.07) is 18.2. The maximum absolute atomic E-state index is 13.0. The molecule has 0 saturated carbocycles. The Morgan fingerprint density at radius 1 is 1.09 bits per heavy atom. The Bertz CT molecular complexity index is 1310. The number of methoxy groups -OCH3 is 1. The molecule has 0 atom stereocenters. The van der Waals surface area contributed by atoms with Gasteiger partial charge in [-0.15, -0.1) is 0 Å². The Kier molecular flexibility index (Phi) is 7.48. The monoisotopic (exact) mass is 508 g/mol. The average molecular weight is 509 g/mol. The molecular weight excluding hydrogens is 487 g/mol. The summed E-state index contributed by atoms with van der Waals surface area (Å²) in [5.74, 6) is -0.210. The molecule has 6 nitrogen and oxygen atoms in total. The van der Waals surface area contributed by atoms with Gasteiger partial charge in [0.2, 0.25) is 0 Å². The lowest BCUT2D eigenvalue weighted by Gasteiger charge is -2.14. The molecule has 178 valence electrons. The van der Waals surface area contributed by atoms with Gasteiger partial charge in [-0.3, -0.25) is 14.5 Å². The molecule has 1 fully saturated rings. The SMILES string of the molecule is COc1cc(/C=C2\SC(=S)N(c3ccc(C)cc3)C2=O)ccc1OCC(=O)Nc1ccc(F)cc1. The third-order valence-electron chi connectivity index (χ3n) is 5.06. The summed E-state index contributed by atoms with van der Waals surface area (Å²) in [6.07, 6.45) is 1.74. The van der Waals surface area contributed by atoms with E-state index < -0.39 is 5.91 Å². The van der Waals surface area contributed by atoms with E-state index in [-0.39, 0.29) is 18.3 Å². The largest absolute Gasteiger partial charge is 0.493 e. The van der Waals surface area contributed by atoms with Crippen LogP contribution in [-0.4, -0.2) is 29.9 Å². The number of rotatable bonds is 7. The molecule has 9 heteroatoms. The predicted octanol–water partition coefficient (Wildman–Crippen LogP) is 5.57. The smallest absolute Gasteiger partial charge is 0.270 e. The van der Waals surface area contributed by atoms with Crippen molar-refractivity contribution in [3.8, 4) is 11.5 Å². The van der Waals surface area contributed by atoms with E-state index in [9.17, 15) is 14.0 Å². The van der Waals surface area contributed by atoms with Crippen LogP contribution in [0.25, 0.3) is 6.08 Å². The summed E-state index contributed by atoms with van der Waals surface area (Å²) in [5.41, 5.74) is 3.00. The van der Waals surface area contributed by atoms with Gasteiger partial charge in [-0.2, -0.15) is 0 Å². The first-order chi connectivity index (χ1) is 16.8. The van der Waals surface area contributed by atoms with Crippen LogP contribution in [0.4, 0.5) is 15.8 Å². The van der Waals surface area contributed by atoms with Crippen LogP contribution >= 0.6 is 24.0 Å². The maximum Gasteiger partial charge on any atom is 0.270 e. The van der Waals surface area contributed by atoms with Crippen LogP contribution < -0.4 is 19.7 Å². The fourth-order valence-electron chi connectivity index (χ4n) is 3.30. The van der Waals surface area contributed by atoms with Gasteiger partial charge >= 0.3 is 0 Å². The van der Waals surface area contributed by atoms with Gasteiger partial charge in [0.1, 0.15) is 5.82 Å². The fraction of sp³-hybridized carbons (Fsp3) is 0.115. The summed E-state index contributed by atoms with van der Waals surface area (Å²) < 4.78 is 24.5. The zero-order chi connectivity index (χ0) is 24.9. The maximum atomic E-state index is 13.0. The van der Waals surface area contributed by atoms with Crippen molar-refractivity contribution in [1.82, 2.24) is 0 Å². The van der Waals surface area contributed by atoms with Crippen molar-refractivity contribution in [2.45, 2.75) is 6.92 Å². The highest BCUT2D eigenvalue weighted by Crippen LogP contribution is 2.37. The minimum atomic E-state index is -0.400. The van der Waals surface area contributed by atoms with E-state index in [0.717, 1.165) is 16.8 Å². The van der Waals surface area contributed by atoms with Gasteiger partial charge in [-0.1, -0.05) is 47.7 Å². The van der Waals surface area contributed by atoms with Gasteiger partial charge in [0.25, 0.3) is 11.8 Å². The number of thioether (sulfide) groups is 1. The van der Waals surface area contributed by atoms with E-state index in [2.05, 4.69) is 5.32 Å². The third-order valence-corrected chi connectivity index (χ3v) is 6.36. The number of hydrogen-bond donors (Lipinski definition) is 1. The van der Waals surface area contributed by atoms with Gasteiger partial charge in [0.05, 0.1) is 17.7 Å². The first kappa shape index (κ1) is 24.4. The van der Waals surface area contributed by atoms with E-state index in [1.54, 1.807) is 24.3 Å². The highest BCUT2D eigenvalue weighted by molar-refractivity contribution is 8.27. The molecule has 3 aromatic carbocycles. The number of benzene rings is 3. The molecule has 1 heterocycles. The molecule has 2 amide bonds. The Morgan fingerprint density at radius 3 is 2.49 bits per heavy atom. The Hall–Kier alpha value is -3.69. The van der Waals surface area contributed by atoms with Gasteiger partial charge in [0.15, 0.2) is 22.4 Å². The number of thiocarbonyl (C=S) groups is 1. The normalized spacial score (nSPS) is 14.4. The first-order valence-corrected chi connectivity index (χ1v) is 11.8. The molecule has 1 saturated heterocycles. The number of carbonyl (C=O) groups is 2. The van der Waals surface area contributed by atoms with Crippen molar-refractivity contribution >= 4 is 57.6 Å². The molecule has 1 aliphatic heterocycles. The van der Waals surface area contributed by atoms with Crippen molar-refractivity contribution in [3.63, 3.8) is 0 Å². The number of anilines is 2. The van der Waals surface area contributed by atoms with Crippen LogP contribution in [0.3, 0.4) is 0 Å². The van der Waals surface area contributed by atoms with Crippen molar-refractivity contribution in [3.05, 3.63) is 88.6 Å². The van der Waals surface area contributed by atoms with Gasteiger partial charge in [-0.25, -0.2) is 4.39 Å². The van der Waals surface area contributed by atoms with Crippen LogP contribution in [-0.2, 0) is 9.59 Å². The van der Waals surface area contributed by atoms with E-state index in [1.807, 2.05) is 31.2 Å². The quantitative estimate of drug-likeness (QED) is 0.333. The lowest BCUT2D eigenvalue weighted by atomic mass is 10.1. The predicted molar refractivity (Wildman–Crippen MR) is 140 cm³/mol. The summed E-state index contributed by atoms with van der Waals surface area (Å²) in [7, 11) is 1.49. The first-order valence-electron chi connectivity index (χ1n) is 10.5. The van der Waals surface area contributed by atoms with Gasteiger partial charge in [0, 0.05) is 5.69 Å². The van der Waals surface area contributed by atoms with Crippen LogP contribution in [0.2, 0.25) is 0 Å². The zero-order valence-electron chi connectivity index (χ0n) is 18.9. The number of carbonyl (C=O) groups excluding carboxylic acids is 2. The fourth-order valence-corrected chi connectivity index (χ4v) is 4.60. The molecule has 0 radical (unpaired) electrons. The summed E-state index contributed by atoms with van der Waals surface area (Å²) in [5, 5.41) is 2.63. The van der Waals surface area contributed by atoms with Crippen molar-refractivity contribution in [2.24, 2.45) is 0 Å². The van der Waals surface area contributed by atoms with E-state index in [1.165, 1.54) is 48.0 Å². The number of nitrogens with one attached hydrogen (secondary N) is 1. The second-order valence-electron chi connectivity index (χ2n) is 7.61. The number of hydrogen-bond acceptors (Lipinski definition) is 6. The van der Waals surface area contributed by atoms with Crippen molar-refractivity contribution < 1.29 is 23.5 Å². The van der Waals surface area contributed by atoms with Crippen LogP contribution in [0.5, 0.6) is 11.5 Å². The number of halogens is 1. The Morgan fingerprint density at radius 2 is 1.80 bits per heavy atom. The molecule has 0 aliphatic carbocycles. The molecule has 1 aliphatic rings. The van der Waals surface area contributed by atoms with E-state index in [0.29, 0.717) is 26.4 Å². The van der Waals surface area contributed by atoms with Crippen LogP contribution in [0.1, 0.15) is 11.1 Å². The molecule has 0 unspecified atom stereocenters. The van der Waals surface area contributed by atoms with Crippen molar-refractivity contribution in [2.75, 3.05) is 23.9 Å². The minimum absolute atomic E-state index is 0.194. The lowest BCUT2D eigenvalue weighted by Crippen LogP contribution is -2.27. The zero-order valence-corrected chi connectivity index (χ0v) is 20.5. The molecule has 3 aromatic rings. The van der Waals surface area contributed by atoms with Gasteiger partial charge < -0.3 is 14.8 Å². The Labute approximate surface area is 211 Å². The lowest BCUT2D eigenvalue weighted by molar-refractivity contribution is -0.118. The van der Waals surface area contributed by atoms with Crippen LogP contribution in [0, 0.1) is 12.7 Å². The molecule has 0 aromatic heterocycles.